The van der Waals surface area contributed by atoms with Crippen molar-refractivity contribution in [1.82, 2.24) is 0 Å². The van der Waals surface area contributed by atoms with Crippen LogP contribution in [-0.4, -0.2) is 23.9 Å². The molecule has 0 fully saturated rings. The van der Waals surface area contributed by atoms with Crippen LogP contribution in [-0.2, 0) is 14.3 Å². The third-order valence-corrected chi connectivity index (χ3v) is 2.51. The van der Waals surface area contributed by atoms with E-state index in [4.69, 9.17) is 0 Å². The number of nitro benzene ring substituents is 1. The number of anilines is 1. The van der Waals surface area contributed by atoms with E-state index in [9.17, 15) is 19.7 Å². The van der Waals surface area contributed by atoms with Crippen LogP contribution in [0.25, 0.3) is 0 Å². The summed E-state index contributed by atoms with van der Waals surface area (Å²) in [4.78, 5) is 33.0. The molecule has 0 aromatic heterocycles. The van der Waals surface area contributed by atoms with Gasteiger partial charge in [0.25, 0.3) is 5.69 Å². The molecule has 0 spiro atoms. The Morgan fingerprint density at radius 3 is 2.82 bits per heavy atom. The molecule has 1 N–H and O–H groups in total. The first-order valence-electron chi connectivity index (χ1n) is 4.71. The highest BCUT2D eigenvalue weighted by molar-refractivity contribution is 6.15. The summed E-state index contributed by atoms with van der Waals surface area (Å²) in [7, 11) is 1.16. The number of rotatable bonds is 2. The lowest BCUT2D eigenvalue weighted by Gasteiger charge is -2.05. The number of hydrogen-bond donors (Lipinski definition) is 1. The highest BCUT2D eigenvalue weighted by Gasteiger charge is 2.38. The molecule has 0 bridgehead atoms. The zero-order valence-electron chi connectivity index (χ0n) is 8.80. The minimum atomic E-state index is -1.13. The maximum Gasteiger partial charge on any atom is 0.322 e. The van der Waals surface area contributed by atoms with Crippen LogP contribution >= 0.6 is 0 Å². The van der Waals surface area contributed by atoms with Crippen LogP contribution in [0.4, 0.5) is 11.4 Å². The van der Waals surface area contributed by atoms with Crippen molar-refractivity contribution in [2.45, 2.75) is 5.92 Å². The van der Waals surface area contributed by atoms with Gasteiger partial charge in [-0.05, 0) is 6.07 Å². The molecule has 1 aromatic rings. The van der Waals surface area contributed by atoms with E-state index in [1.54, 1.807) is 0 Å². The van der Waals surface area contributed by atoms with E-state index < -0.39 is 22.7 Å². The highest BCUT2D eigenvalue weighted by atomic mass is 16.6. The molecule has 17 heavy (non-hydrogen) atoms. The number of hydrogen-bond acceptors (Lipinski definition) is 5. The molecule has 1 heterocycles. The number of fused-ring (bicyclic) bond motifs is 1. The molecule has 88 valence electrons. The number of esters is 1. The molecule has 7 heteroatoms. The summed E-state index contributed by atoms with van der Waals surface area (Å²) in [5.74, 6) is -2.40. The van der Waals surface area contributed by atoms with Gasteiger partial charge in [0.15, 0.2) is 5.92 Å². The molecule has 1 atom stereocenters. The Morgan fingerprint density at radius 1 is 1.53 bits per heavy atom. The first-order chi connectivity index (χ1) is 8.04. The fourth-order valence-electron chi connectivity index (χ4n) is 1.71. The topological polar surface area (TPSA) is 98.5 Å². The van der Waals surface area contributed by atoms with Crippen LogP contribution < -0.4 is 5.32 Å². The zero-order valence-corrected chi connectivity index (χ0v) is 8.80. The molecule has 1 aliphatic heterocycles. The fraction of sp³-hybridized carbons (Fsp3) is 0.200. The Bertz CT molecular complexity index is 517. The summed E-state index contributed by atoms with van der Waals surface area (Å²) >= 11 is 0. The minimum absolute atomic E-state index is 0.172. The predicted molar refractivity (Wildman–Crippen MR) is 56.5 cm³/mol. The van der Waals surface area contributed by atoms with Crippen molar-refractivity contribution in [2.75, 3.05) is 12.4 Å². The smallest absolute Gasteiger partial charge is 0.322 e. The van der Waals surface area contributed by atoms with Crippen LogP contribution in [0.2, 0.25) is 0 Å². The molecule has 1 amide bonds. The van der Waals surface area contributed by atoms with Gasteiger partial charge in [-0.2, -0.15) is 0 Å². The standard InChI is InChI=1S/C10H8N2O5/c1-17-10(14)8-6-4-5(12(15)16)2-3-7(6)11-9(8)13/h2-4,8H,1H3,(H,11,13). The van der Waals surface area contributed by atoms with Gasteiger partial charge in [-0.3, -0.25) is 19.7 Å². The number of amides is 1. The van der Waals surface area contributed by atoms with Crippen LogP contribution in [0.1, 0.15) is 11.5 Å². The van der Waals surface area contributed by atoms with Gasteiger partial charge in [-0.1, -0.05) is 0 Å². The minimum Gasteiger partial charge on any atom is -0.468 e. The summed E-state index contributed by atoms with van der Waals surface area (Å²) in [6.45, 7) is 0. The summed E-state index contributed by atoms with van der Waals surface area (Å²) < 4.78 is 4.49. The molecule has 1 aromatic carbocycles. The number of non-ortho nitro benzene ring substituents is 1. The Labute approximate surface area is 95.5 Å². The van der Waals surface area contributed by atoms with Crippen molar-refractivity contribution in [3.05, 3.63) is 33.9 Å². The van der Waals surface area contributed by atoms with Gasteiger partial charge in [-0.15, -0.1) is 0 Å². The van der Waals surface area contributed by atoms with Crippen molar-refractivity contribution < 1.29 is 19.2 Å². The van der Waals surface area contributed by atoms with Crippen molar-refractivity contribution in [3.63, 3.8) is 0 Å². The lowest BCUT2D eigenvalue weighted by molar-refractivity contribution is -0.384. The Morgan fingerprint density at radius 2 is 2.24 bits per heavy atom. The highest BCUT2D eigenvalue weighted by Crippen LogP contribution is 2.35. The monoisotopic (exact) mass is 236 g/mol. The van der Waals surface area contributed by atoms with Gasteiger partial charge in [0, 0.05) is 23.4 Å². The number of nitrogens with one attached hydrogen (secondary N) is 1. The van der Waals surface area contributed by atoms with E-state index in [0.717, 1.165) is 7.11 Å². The molecular formula is C10H8N2O5. The van der Waals surface area contributed by atoms with Gasteiger partial charge < -0.3 is 10.1 Å². The zero-order chi connectivity index (χ0) is 12.6. The second-order valence-corrected chi connectivity index (χ2v) is 3.47. The molecule has 1 aliphatic rings. The van der Waals surface area contributed by atoms with Gasteiger partial charge in [0.2, 0.25) is 5.91 Å². The Hall–Kier alpha value is -2.44. The van der Waals surface area contributed by atoms with E-state index >= 15 is 0 Å². The van der Waals surface area contributed by atoms with Gasteiger partial charge in [0.05, 0.1) is 12.0 Å². The van der Waals surface area contributed by atoms with E-state index in [1.165, 1.54) is 18.2 Å². The van der Waals surface area contributed by atoms with Crippen LogP contribution in [0, 0.1) is 10.1 Å². The van der Waals surface area contributed by atoms with E-state index in [1.807, 2.05) is 0 Å². The van der Waals surface area contributed by atoms with E-state index in [0.29, 0.717) is 5.69 Å². The maximum absolute atomic E-state index is 11.5. The van der Waals surface area contributed by atoms with Crippen LogP contribution in [0.15, 0.2) is 18.2 Å². The van der Waals surface area contributed by atoms with Gasteiger partial charge in [-0.25, -0.2) is 0 Å². The van der Waals surface area contributed by atoms with Crippen molar-refractivity contribution in [3.8, 4) is 0 Å². The van der Waals surface area contributed by atoms with Crippen molar-refractivity contribution >= 4 is 23.3 Å². The summed E-state index contributed by atoms with van der Waals surface area (Å²) in [5.41, 5.74) is 0.501. The molecule has 0 saturated heterocycles. The summed E-state index contributed by atoms with van der Waals surface area (Å²) in [6.07, 6.45) is 0. The molecule has 0 saturated carbocycles. The predicted octanol–water partition coefficient (Wildman–Crippen LogP) is 0.803. The van der Waals surface area contributed by atoms with Crippen molar-refractivity contribution in [2.24, 2.45) is 0 Å². The van der Waals surface area contributed by atoms with Gasteiger partial charge in [0.1, 0.15) is 0 Å². The quantitative estimate of drug-likeness (QED) is 0.354. The summed E-state index contributed by atoms with van der Waals surface area (Å²) in [6, 6.07) is 3.86. The number of benzene rings is 1. The first kappa shape index (κ1) is 11.1. The van der Waals surface area contributed by atoms with Crippen molar-refractivity contribution in [1.29, 1.82) is 0 Å². The largest absolute Gasteiger partial charge is 0.468 e. The maximum atomic E-state index is 11.5. The lowest BCUT2D eigenvalue weighted by Crippen LogP contribution is -2.21. The third-order valence-electron chi connectivity index (χ3n) is 2.51. The number of nitrogens with zero attached hydrogens (tertiary/aromatic N) is 1. The number of carbonyl (C=O) groups excluding carboxylic acids is 2. The lowest BCUT2D eigenvalue weighted by atomic mass is 10.0. The SMILES string of the molecule is COC(=O)C1C(=O)Nc2ccc([N+](=O)[O-])cc21. The number of carbonyl (C=O) groups is 2. The van der Waals surface area contributed by atoms with Crippen LogP contribution in [0.3, 0.4) is 0 Å². The second kappa shape index (κ2) is 3.85. The molecule has 0 radical (unpaired) electrons. The van der Waals surface area contributed by atoms with E-state index in [2.05, 4.69) is 10.1 Å². The molecule has 7 nitrogen and oxygen atoms in total. The molecule has 1 unspecified atom stereocenters. The average molecular weight is 236 g/mol. The summed E-state index contributed by atoms with van der Waals surface area (Å²) in [5, 5.41) is 13.1. The molecule has 0 aliphatic carbocycles. The third kappa shape index (κ3) is 1.71. The number of ether oxygens (including phenoxy) is 1. The second-order valence-electron chi connectivity index (χ2n) is 3.47. The number of nitro groups is 1. The molecular weight excluding hydrogens is 228 g/mol. The van der Waals surface area contributed by atoms with Crippen LogP contribution in [0.5, 0.6) is 0 Å². The number of methoxy groups -OCH3 is 1. The Kier molecular flexibility index (Phi) is 2.51. The Balaban J connectivity index is 2.50. The van der Waals surface area contributed by atoms with E-state index in [-0.39, 0.29) is 11.3 Å². The van der Waals surface area contributed by atoms with Gasteiger partial charge >= 0.3 is 5.97 Å². The molecule has 2 rings (SSSR count). The first-order valence-corrected chi connectivity index (χ1v) is 4.71. The average Bonchev–Trinajstić information content (AvgIpc) is 2.62. The fourth-order valence-corrected chi connectivity index (χ4v) is 1.71. The normalized spacial score (nSPS) is 17.2.